The molecule has 0 heterocycles. The Labute approximate surface area is 182 Å². The van der Waals surface area contributed by atoms with Crippen molar-refractivity contribution >= 4 is 29.1 Å². The van der Waals surface area contributed by atoms with Crippen LogP contribution in [0.4, 0.5) is 18.9 Å². The summed E-state index contributed by atoms with van der Waals surface area (Å²) in [5, 5.41) is 6.11. The smallest absolute Gasteiger partial charge is 0.352 e. The number of halogens is 4. The van der Waals surface area contributed by atoms with Crippen molar-refractivity contribution in [2.45, 2.75) is 36.9 Å². The summed E-state index contributed by atoms with van der Waals surface area (Å²) in [5.74, 6) is -2.60. The summed E-state index contributed by atoms with van der Waals surface area (Å²) in [7, 11) is 0. The molecule has 0 bridgehead atoms. The van der Waals surface area contributed by atoms with E-state index in [1.165, 1.54) is 0 Å². The van der Waals surface area contributed by atoms with Gasteiger partial charge < -0.3 is 10.6 Å². The maximum atomic E-state index is 12.9. The molecule has 0 aromatic heterocycles. The van der Waals surface area contributed by atoms with Gasteiger partial charge in [0.1, 0.15) is 0 Å². The normalized spacial score (nSPS) is 27.5. The summed E-state index contributed by atoms with van der Waals surface area (Å²) in [6.07, 6.45) is -1.94. The lowest BCUT2D eigenvalue weighted by Crippen LogP contribution is -2.51. The Morgan fingerprint density at radius 1 is 1.03 bits per heavy atom. The van der Waals surface area contributed by atoms with E-state index in [1.54, 1.807) is 48.5 Å². The Balaban J connectivity index is 1.23. The molecule has 2 aromatic carbocycles. The molecule has 3 fully saturated rings. The van der Waals surface area contributed by atoms with Crippen LogP contribution in [0.25, 0.3) is 0 Å². The van der Waals surface area contributed by atoms with Crippen molar-refractivity contribution in [1.82, 2.24) is 5.32 Å². The van der Waals surface area contributed by atoms with E-state index < -0.39 is 29.3 Å². The number of hydrogen-bond acceptors (Lipinski definition) is 2. The van der Waals surface area contributed by atoms with Crippen molar-refractivity contribution in [3.05, 3.63) is 64.7 Å². The standard InChI is InChI=1S/C23H20ClF3N2O2/c24-14-4-1-3-12(11-14)20(30)28-15-7-5-13(6-8-15)22(9-2-10-22)21(31)29-19-16-17(19)18(16)23(25,26)27/h1,3-8,11,16-19H,2,9-10H2,(H,28,30)(H,29,31)/t16-,17?,18+,19?/m1/s1. The molecule has 2 aromatic rings. The highest BCUT2D eigenvalue weighted by atomic mass is 35.5. The number of rotatable bonds is 5. The first kappa shape index (κ1) is 20.4. The molecule has 0 saturated heterocycles. The van der Waals surface area contributed by atoms with Gasteiger partial charge in [-0.25, -0.2) is 0 Å². The lowest BCUT2D eigenvalue weighted by molar-refractivity contribution is -0.163. The van der Waals surface area contributed by atoms with Crippen molar-refractivity contribution in [3.63, 3.8) is 0 Å². The number of amides is 2. The van der Waals surface area contributed by atoms with Gasteiger partial charge in [0, 0.05) is 22.3 Å². The summed E-state index contributed by atoms with van der Waals surface area (Å²) < 4.78 is 38.1. The SMILES string of the molecule is O=C(Nc1ccc(C2(C(=O)NC3C4[C@@H]3[C@@H]4C(F)(F)F)CCC2)cc1)c1cccc(Cl)c1. The third kappa shape index (κ3) is 3.49. The highest BCUT2D eigenvalue weighted by molar-refractivity contribution is 6.31. The average Bonchev–Trinajstić information content (AvgIpc) is 3.57. The van der Waals surface area contributed by atoms with Gasteiger partial charge in [0.05, 0.1) is 11.3 Å². The van der Waals surface area contributed by atoms with Crippen LogP contribution in [0.5, 0.6) is 0 Å². The van der Waals surface area contributed by atoms with Crippen LogP contribution in [0, 0.1) is 17.8 Å². The van der Waals surface area contributed by atoms with Crippen LogP contribution in [-0.2, 0) is 10.2 Å². The maximum absolute atomic E-state index is 12.9. The van der Waals surface area contributed by atoms with Crippen molar-refractivity contribution in [1.29, 1.82) is 0 Å². The number of alkyl halides is 3. The van der Waals surface area contributed by atoms with E-state index in [4.69, 9.17) is 11.6 Å². The number of anilines is 1. The molecule has 3 aliphatic carbocycles. The zero-order valence-corrected chi connectivity index (χ0v) is 17.1. The van der Waals surface area contributed by atoms with Crippen LogP contribution < -0.4 is 10.6 Å². The molecule has 8 heteroatoms. The third-order valence-corrected chi connectivity index (χ3v) is 7.16. The quantitative estimate of drug-likeness (QED) is 0.681. The van der Waals surface area contributed by atoms with Gasteiger partial charge in [0.2, 0.25) is 5.91 Å². The van der Waals surface area contributed by atoms with Gasteiger partial charge in [-0.1, -0.05) is 36.2 Å². The van der Waals surface area contributed by atoms with E-state index >= 15 is 0 Å². The molecule has 2 unspecified atom stereocenters. The van der Waals surface area contributed by atoms with Crippen molar-refractivity contribution in [3.8, 4) is 0 Å². The van der Waals surface area contributed by atoms with Crippen LogP contribution >= 0.6 is 11.6 Å². The fraction of sp³-hybridized carbons (Fsp3) is 0.391. The molecule has 4 atom stereocenters. The van der Waals surface area contributed by atoms with Crippen LogP contribution in [0.15, 0.2) is 48.5 Å². The molecule has 5 rings (SSSR count). The Hall–Kier alpha value is -2.54. The molecule has 2 N–H and O–H groups in total. The van der Waals surface area contributed by atoms with E-state index in [2.05, 4.69) is 10.6 Å². The van der Waals surface area contributed by atoms with Gasteiger partial charge in [-0.05, 0) is 60.6 Å². The topological polar surface area (TPSA) is 58.2 Å². The van der Waals surface area contributed by atoms with E-state index in [-0.39, 0.29) is 17.9 Å². The maximum Gasteiger partial charge on any atom is 0.392 e. The van der Waals surface area contributed by atoms with E-state index in [9.17, 15) is 22.8 Å². The Kier molecular flexibility index (Phi) is 4.59. The third-order valence-electron chi connectivity index (χ3n) is 6.92. The highest BCUT2D eigenvalue weighted by Gasteiger charge is 2.82. The highest BCUT2D eigenvalue weighted by Crippen LogP contribution is 2.73. The first-order chi connectivity index (χ1) is 14.7. The van der Waals surface area contributed by atoms with Gasteiger partial charge in [0.25, 0.3) is 5.91 Å². The van der Waals surface area contributed by atoms with Gasteiger partial charge in [0.15, 0.2) is 0 Å². The molecule has 162 valence electrons. The minimum Gasteiger partial charge on any atom is -0.352 e. The van der Waals surface area contributed by atoms with Gasteiger partial charge >= 0.3 is 6.18 Å². The zero-order chi connectivity index (χ0) is 22.0. The molecular weight excluding hydrogens is 429 g/mol. The number of benzene rings is 2. The summed E-state index contributed by atoms with van der Waals surface area (Å²) >= 11 is 5.92. The summed E-state index contributed by atoms with van der Waals surface area (Å²) in [4.78, 5) is 25.3. The van der Waals surface area contributed by atoms with Crippen molar-refractivity contribution < 1.29 is 22.8 Å². The fourth-order valence-electron chi connectivity index (χ4n) is 4.82. The lowest BCUT2D eigenvalue weighted by atomic mass is 9.63. The predicted octanol–water partition coefficient (Wildman–Crippen LogP) is 4.94. The van der Waals surface area contributed by atoms with E-state index in [0.29, 0.717) is 29.1 Å². The molecule has 0 spiro atoms. The monoisotopic (exact) mass is 448 g/mol. The fourth-order valence-corrected chi connectivity index (χ4v) is 5.01. The summed E-state index contributed by atoms with van der Waals surface area (Å²) in [6.45, 7) is 0. The van der Waals surface area contributed by atoms with Gasteiger partial charge in [-0.3, -0.25) is 9.59 Å². The Morgan fingerprint density at radius 2 is 1.71 bits per heavy atom. The number of carbonyl (C=O) groups is 2. The number of nitrogens with one attached hydrogen (secondary N) is 2. The lowest BCUT2D eigenvalue weighted by Gasteiger charge is -2.41. The second-order valence-corrected chi connectivity index (χ2v) is 9.14. The Bertz CT molecular complexity index is 1040. The molecule has 2 amide bonds. The second kappa shape index (κ2) is 6.99. The molecular formula is C23H20ClF3N2O2. The molecule has 0 aliphatic heterocycles. The number of carbonyl (C=O) groups excluding carboxylic acids is 2. The second-order valence-electron chi connectivity index (χ2n) is 8.70. The summed E-state index contributed by atoms with van der Waals surface area (Å²) in [6, 6.07) is 13.4. The van der Waals surface area contributed by atoms with Crippen LogP contribution in [0.2, 0.25) is 5.02 Å². The van der Waals surface area contributed by atoms with Gasteiger partial charge in [-0.15, -0.1) is 0 Å². The van der Waals surface area contributed by atoms with Crippen molar-refractivity contribution in [2.75, 3.05) is 5.32 Å². The average molecular weight is 449 g/mol. The van der Waals surface area contributed by atoms with E-state index in [0.717, 1.165) is 12.0 Å². The minimum absolute atomic E-state index is 0.187. The predicted molar refractivity (Wildman–Crippen MR) is 110 cm³/mol. The largest absolute Gasteiger partial charge is 0.392 e. The Morgan fingerprint density at radius 3 is 2.26 bits per heavy atom. The van der Waals surface area contributed by atoms with E-state index in [1.807, 2.05) is 0 Å². The summed E-state index contributed by atoms with van der Waals surface area (Å²) in [5.41, 5.74) is 1.14. The minimum atomic E-state index is -4.16. The molecule has 3 saturated carbocycles. The molecule has 4 nitrogen and oxygen atoms in total. The van der Waals surface area contributed by atoms with Crippen LogP contribution in [-0.4, -0.2) is 24.0 Å². The van der Waals surface area contributed by atoms with Crippen LogP contribution in [0.1, 0.15) is 35.2 Å². The number of hydrogen-bond donors (Lipinski definition) is 2. The molecule has 0 radical (unpaired) electrons. The molecule has 31 heavy (non-hydrogen) atoms. The van der Waals surface area contributed by atoms with Crippen LogP contribution in [0.3, 0.4) is 0 Å². The van der Waals surface area contributed by atoms with Gasteiger partial charge in [-0.2, -0.15) is 13.2 Å². The first-order valence-corrected chi connectivity index (χ1v) is 10.6. The molecule has 3 aliphatic rings. The first-order valence-electron chi connectivity index (χ1n) is 10.3. The number of fused-ring (bicyclic) bond motifs is 1. The zero-order valence-electron chi connectivity index (χ0n) is 16.4. The van der Waals surface area contributed by atoms with Crippen molar-refractivity contribution in [2.24, 2.45) is 17.8 Å².